The molecule has 1 heterocycles. The lowest BCUT2D eigenvalue weighted by Crippen LogP contribution is -2.42. The number of carbonyl (C=O) groups excluding carboxylic acids is 1. The Balaban J connectivity index is 2.10. The van der Waals surface area contributed by atoms with E-state index in [-0.39, 0.29) is 12.1 Å². The standard InChI is InChI=1S/C14H25N3O/c1-4-13(5-2)16-14(18)15-9-6-12-7-10-17(3)11-8-12/h1,12-13H,5-11H2,2-3H3,(H2,15,16,18)/t13-/m1/s1. The van der Waals surface area contributed by atoms with Gasteiger partial charge in [-0.1, -0.05) is 12.8 Å². The predicted molar refractivity (Wildman–Crippen MR) is 74.3 cm³/mol. The minimum absolute atomic E-state index is 0.146. The van der Waals surface area contributed by atoms with Crippen LogP contribution in [-0.4, -0.2) is 43.7 Å². The number of urea groups is 1. The highest BCUT2D eigenvalue weighted by molar-refractivity contribution is 5.74. The molecule has 1 aliphatic heterocycles. The molecule has 1 atom stereocenters. The van der Waals surface area contributed by atoms with Crippen LogP contribution in [0.5, 0.6) is 0 Å². The van der Waals surface area contributed by atoms with E-state index >= 15 is 0 Å². The molecule has 0 saturated carbocycles. The molecule has 1 rings (SSSR count). The van der Waals surface area contributed by atoms with E-state index in [2.05, 4.69) is 28.5 Å². The van der Waals surface area contributed by atoms with E-state index in [0.29, 0.717) is 0 Å². The van der Waals surface area contributed by atoms with Crippen molar-refractivity contribution in [2.45, 2.75) is 38.6 Å². The summed E-state index contributed by atoms with van der Waals surface area (Å²) in [6, 6.07) is -0.305. The molecule has 0 aromatic carbocycles. The number of piperidine rings is 1. The van der Waals surface area contributed by atoms with Crippen molar-refractivity contribution in [2.24, 2.45) is 5.92 Å². The third kappa shape index (κ3) is 5.42. The monoisotopic (exact) mass is 251 g/mol. The first-order valence-corrected chi connectivity index (χ1v) is 6.84. The van der Waals surface area contributed by atoms with Gasteiger partial charge in [0, 0.05) is 6.54 Å². The molecule has 2 N–H and O–H groups in total. The van der Waals surface area contributed by atoms with Crippen molar-refractivity contribution in [3.8, 4) is 12.3 Å². The topological polar surface area (TPSA) is 44.4 Å². The van der Waals surface area contributed by atoms with Crippen molar-refractivity contribution in [3.63, 3.8) is 0 Å². The van der Waals surface area contributed by atoms with Crippen molar-refractivity contribution in [2.75, 3.05) is 26.7 Å². The maximum atomic E-state index is 11.5. The third-order valence-electron chi connectivity index (χ3n) is 3.59. The average Bonchev–Trinajstić information content (AvgIpc) is 2.38. The van der Waals surface area contributed by atoms with Crippen LogP contribution in [0.25, 0.3) is 0 Å². The summed E-state index contributed by atoms with van der Waals surface area (Å²) in [7, 11) is 2.16. The van der Waals surface area contributed by atoms with E-state index in [0.717, 1.165) is 25.3 Å². The Morgan fingerprint density at radius 1 is 1.50 bits per heavy atom. The highest BCUT2D eigenvalue weighted by atomic mass is 16.2. The van der Waals surface area contributed by atoms with Gasteiger partial charge in [-0.2, -0.15) is 0 Å². The molecule has 4 heteroatoms. The number of likely N-dealkylation sites (tertiary alicyclic amines) is 1. The largest absolute Gasteiger partial charge is 0.338 e. The van der Waals surface area contributed by atoms with Gasteiger partial charge in [0.25, 0.3) is 0 Å². The van der Waals surface area contributed by atoms with Gasteiger partial charge in [-0.15, -0.1) is 6.42 Å². The Hall–Kier alpha value is -1.21. The average molecular weight is 251 g/mol. The van der Waals surface area contributed by atoms with Gasteiger partial charge < -0.3 is 15.5 Å². The van der Waals surface area contributed by atoms with E-state index in [1.54, 1.807) is 0 Å². The Bertz CT molecular complexity index is 290. The SMILES string of the molecule is C#C[C@H](CC)NC(=O)NCCC1CCN(C)CC1. The molecule has 0 bridgehead atoms. The highest BCUT2D eigenvalue weighted by Crippen LogP contribution is 2.18. The summed E-state index contributed by atoms with van der Waals surface area (Å²) < 4.78 is 0. The molecule has 0 aromatic rings. The summed E-state index contributed by atoms with van der Waals surface area (Å²) in [4.78, 5) is 13.9. The van der Waals surface area contributed by atoms with Crippen LogP contribution in [0, 0.1) is 18.3 Å². The number of nitrogens with one attached hydrogen (secondary N) is 2. The van der Waals surface area contributed by atoms with Gasteiger partial charge in [-0.25, -0.2) is 4.79 Å². The second-order valence-electron chi connectivity index (χ2n) is 5.06. The van der Waals surface area contributed by atoms with Crippen molar-refractivity contribution >= 4 is 6.03 Å². The lowest BCUT2D eigenvalue weighted by Gasteiger charge is -2.28. The molecule has 1 fully saturated rings. The van der Waals surface area contributed by atoms with Gasteiger partial charge in [0.15, 0.2) is 0 Å². The normalized spacial score (nSPS) is 18.9. The minimum Gasteiger partial charge on any atom is -0.338 e. The van der Waals surface area contributed by atoms with Crippen LogP contribution >= 0.6 is 0 Å². The van der Waals surface area contributed by atoms with E-state index < -0.39 is 0 Å². The number of hydrogen-bond donors (Lipinski definition) is 2. The second kappa shape index (κ2) is 7.99. The first-order valence-electron chi connectivity index (χ1n) is 6.84. The van der Waals surface area contributed by atoms with Crippen LogP contribution in [-0.2, 0) is 0 Å². The number of amides is 2. The Morgan fingerprint density at radius 3 is 2.72 bits per heavy atom. The molecule has 0 unspecified atom stereocenters. The van der Waals surface area contributed by atoms with Crippen LogP contribution in [0.2, 0.25) is 0 Å². The van der Waals surface area contributed by atoms with Crippen molar-refractivity contribution in [1.82, 2.24) is 15.5 Å². The molecular formula is C14H25N3O. The smallest absolute Gasteiger partial charge is 0.315 e. The zero-order chi connectivity index (χ0) is 13.4. The lowest BCUT2D eigenvalue weighted by atomic mass is 9.94. The molecule has 0 aliphatic carbocycles. The molecule has 18 heavy (non-hydrogen) atoms. The summed E-state index contributed by atoms with van der Waals surface area (Å²) in [5.41, 5.74) is 0. The first kappa shape index (κ1) is 14.8. The van der Waals surface area contributed by atoms with Gasteiger partial charge in [-0.3, -0.25) is 0 Å². The van der Waals surface area contributed by atoms with Crippen molar-refractivity contribution in [1.29, 1.82) is 0 Å². The van der Waals surface area contributed by atoms with Crippen LogP contribution in [0.15, 0.2) is 0 Å². The third-order valence-corrected chi connectivity index (χ3v) is 3.59. The van der Waals surface area contributed by atoms with E-state index in [1.165, 1.54) is 25.9 Å². The van der Waals surface area contributed by atoms with Crippen molar-refractivity contribution in [3.05, 3.63) is 0 Å². The van der Waals surface area contributed by atoms with Gasteiger partial charge in [0.1, 0.15) is 0 Å². The number of nitrogens with zero attached hydrogens (tertiary/aromatic N) is 1. The van der Waals surface area contributed by atoms with Gasteiger partial charge in [0.2, 0.25) is 0 Å². The lowest BCUT2D eigenvalue weighted by molar-refractivity contribution is 0.209. The molecule has 1 aliphatic rings. The van der Waals surface area contributed by atoms with E-state index in [4.69, 9.17) is 6.42 Å². The summed E-state index contributed by atoms with van der Waals surface area (Å²) >= 11 is 0. The number of terminal acetylenes is 1. The molecule has 102 valence electrons. The molecule has 0 spiro atoms. The zero-order valence-electron chi connectivity index (χ0n) is 11.5. The fourth-order valence-electron chi connectivity index (χ4n) is 2.21. The molecular weight excluding hydrogens is 226 g/mol. The fourth-order valence-corrected chi connectivity index (χ4v) is 2.21. The summed E-state index contributed by atoms with van der Waals surface area (Å²) in [5.74, 6) is 3.30. The van der Waals surface area contributed by atoms with Gasteiger partial charge >= 0.3 is 6.03 Å². The maximum absolute atomic E-state index is 11.5. The zero-order valence-corrected chi connectivity index (χ0v) is 11.5. The molecule has 2 amide bonds. The van der Waals surface area contributed by atoms with E-state index in [1.807, 2.05) is 6.92 Å². The van der Waals surface area contributed by atoms with Gasteiger partial charge in [0.05, 0.1) is 6.04 Å². The predicted octanol–water partition coefficient (Wildman–Crippen LogP) is 1.43. The molecule has 4 nitrogen and oxygen atoms in total. The molecule has 1 saturated heterocycles. The van der Waals surface area contributed by atoms with Crippen molar-refractivity contribution < 1.29 is 4.79 Å². The summed E-state index contributed by atoms with van der Waals surface area (Å²) in [6.07, 6.45) is 9.60. The highest BCUT2D eigenvalue weighted by Gasteiger charge is 2.16. The summed E-state index contributed by atoms with van der Waals surface area (Å²) in [5, 5.41) is 5.65. The number of hydrogen-bond acceptors (Lipinski definition) is 2. The molecule has 0 radical (unpaired) electrons. The van der Waals surface area contributed by atoms with Crippen LogP contribution in [0.1, 0.15) is 32.6 Å². The number of rotatable bonds is 5. The van der Waals surface area contributed by atoms with Gasteiger partial charge in [-0.05, 0) is 51.7 Å². The van der Waals surface area contributed by atoms with Crippen LogP contribution in [0.3, 0.4) is 0 Å². The quantitative estimate of drug-likeness (QED) is 0.726. The first-order chi connectivity index (χ1) is 8.65. The van der Waals surface area contributed by atoms with E-state index in [9.17, 15) is 4.79 Å². The Morgan fingerprint density at radius 2 is 2.17 bits per heavy atom. The van der Waals surface area contributed by atoms with Crippen LogP contribution in [0.4, 0.5) is 4.79 Å². The fraction of sp³-hybridized carbons (Fsp3) is 0.786. The minimum atomic E-state index is -0.159. The number of carbonyl (C=O) groups is 1. The Labute approximate surface area is 110 Å². The second-order valence-corrected chi connectivity index (χ2v) is 5.06. The molecule has 0 aromatic heterocycles. The Kier molecular flexibility index (Phi) is 6.59. The maximum Gasteiger partial charge on any atom is 0.315 e. The summed E-state index contributed by atoms with van der Waals surface area (Å²) in [6.45, 7) is 5.04. The van der Waals surface area contributed by atoms with Crippen LogP contribution < -0.4 is 10.6 Å².